The number of aliphatic hydroxyl groups is 1. The molecule has 11 heteroatoms. The highest BCUT2D eigenvalue weighted by atomic mass is 16.6. The van der Waals surface area contributed by atoms with E-state index in [1.165, 1.54) is 7.11 Å². The Morgan fingerprint density at radius 3 is 2.53 bits per heavy atom. The number of nitrogens with one attached hydrogen (secondary N) is 1. The van der Waals surface area contributed by atoms with E-state index in [1.807, 2.05) is 72.8 Å². The normalized spacial score (nSPS) is 24.0. The summed E-state index contributed by atoms with van der Waals surface area (Å²) in [6.45, 7) is 8.02. The third kappa shape index (κ3) is 7.51. The van der Waals surface area contributed by atoms with Crippen molar-refractivity contribution in [1.82, 2.24) is 10.2 Å². The van der Waals surface area contributed by atoms with Gasteiger partial charge in [-0.3, -0.25) is 19.2 Å². The van der Waals surface area contributed by atoms with Crippen LogP contribution >= 0.6 is 0 Å². The molecule has 3 heterocycles. The highest BCUT2D eigenvalue weighted by molar-refractivity contribution is 6.05. The first kappa shape index (κ1) is 37.9. The van der Waals surface area contributed by atoms with Gasteiger partial charge in [-0.2, -0.15) is 0 Å². The van der Waals surface area contributed by atoms with E-state index < -0.39 is 47.7 Å². The van der Waals surface area contributed by atoms with Crippen molar-refractivity contribution in [2.24, 2.45) is 11.8 Å². The molecule has 3 fully saturated rings. The van der Waals surface area contributed by atoms with E-state index >= 15 is 0 Å². The van der Waals surface area contributed by atoms with Gasteiger partial charge in [0.25, 0.3) is 5.91 Å². The van der Waals surface area contributed by atoms with E-state index in [-0.39, 0.29) is 50.4 Å². The van der Waals surface area contributed by atoms with Gasteiger partial charge in [-0.15, -0.1) is 13.2 Å². The van der Waals surface area contributed by atoms with Gasteiger partial charge in [0.2, 0.25) is 11.8 Å². The number of nitrogens with zero attached hydrogens (tertiary/aromatic N) is 2. The lowest BCUT2D eigenvalue weighted by atomic mass is 9.70. The average Bonchev–Trinajstić information content (AvgIpc) is 3.82. The van der Waals surface area contributed by atoms with Crippen molar-refractivity contribution < 1.29 is 38.5 Å². The number of benzene rings is 3. The zero-order valence-electron chi connectivity index (χ0n) is 30.2. The first-order valence-corrected chi connectivity index (χ1v) is 18.4. The van der Waals surface area contributed by atoms with Crippen molar-refractivity contribution in [1.29, 1.82) is 0 Å². The molecule has 11 nitrogen and oxygen atoms in total. The van der Waals surface area contributed by atoms with Gasteiger partial charge < -0.3 is 34.4 Å². The SMILES string of the molecule is C=CCCC(=O)N[C@@H](COC)[C@@H](OC(=O)[C@@H]1[C@H]2C(=O)N(CCCCO)[C@H](C(=O)N(CC=C)c3ccc4ccccc4c3)[C@]23CC[C@H]1O3)c1ccccc1. The predicted octanol–water partition coefficient (Wildman–Crippen LogP) is 4.89. The van der Waals surface area contributed by atoms with Crippen molar-refractivity contribution in [2.75, 3.05) is 38.3 Å². The van der Waals surface area contributed by atoms with Crippen molar-refractivity contribution in [2.45, 2.75) is 68.4 Å². The number of hydrogen-bond acceptors (Lipinski definition) is 8. The van der Waals surface area contributed by atoms with Gasteiger partial charge in [-0.25, -0.2) is 0 Å². The van der Waals surface area contributed by atoms with Crippen LogP contribution in [0.15, 0.2) is 98.1 Å². The minimum atomic E-state index is -1.26. The lowest BCUT2D eigenvalue weighted by molar-refractivity contribution is -0.163. The number of rotatable bonds is 18. The Balaban J connectivity index is 1.34. The Morgan fingerprint density at radius 2 is 1.81 bits per heavy atom. The largest absolute Gasteiger partial charge is 0.455 e. The van der Waals surface area contributed by atoms with E-state index in [1.54, 1.807) is 22.0 Å². The molecule has 0 radical (unpaired) electrons. The number of carbonyl (C=O) groups is 4. The summed E-state index contributed by atoms with van der Waals surface area (Å²) >= 11 is 0. The van der Waals surface area contributed by atoms with Gasteiger partial charge >= 0.3 is 5.97 Å². The molecule has 3 aliphatic heterocycles. The Labute approximate surface area is 310 Å². The van der Waals surface area contributed by atoms with Crippen LogP contribution in [0.4, 0.5) is 5.69 Å². The second kappa shape index (κ2) is 16.9. The number of ether oxygens (including phenoxy) is 3. The number of esters is 1. The molecule has 3 aromatic carbocycles. The molecule has 3 amide bonds. The molecular weight excluding hydrogens is 674 g/mol. The van der Waals surface area contributed by atoms with Crippen LogP contribution in [-0.2, 0) is 33.4 Å². The Hall–Kier alpha value is -4.84. The van der Waals surface area contributed by atoms with E-state index in [9.17, 15) is 24.3 Å². The fourth-order valence-electron chi connectivity index (χ4n) is 8.40. The summed E-state index contributed by atoms with van der Waals surface area (Å²) in [4.78, 5) is 60.2. The highest BCUT2D eigenvalue weighted by Crippen LogP contribution is 2.59. The molecule has 280 valence electrons. The molecule has 0 saturated carbocycles. The zero-order chi connectivity index (χ0) is 37.5. The van der Waals surface area contributed by atoms with Gasteiger partial charge in [0.05, 0.1) is 30.6 Å². The van der Waals surface area contributed by atoms with Gasteiger partial charge in [-0.05, 0) is 60.6 Å². The Morgan fingerprint density at radius 1 is 1.06 bits per heavy atom. The first-order chi connectivity index (χ1) is 25.8. The third-order valence-corrected chi connectivity index (χ3v) is 10.7. The average molecular weight is 724 g/mol. The van der Waals surface area contributed by atoms with Crippen molar-refractivity contribution in [3.8, 4) is 0 Å². The number of anilines is 1. The van der Waals surface area contributed by atoms with Crippen LogP contribution in [0.3, 0.4) is 0 Å². The number of hydrogen-bond donors (Lipinski definition) is 2. The minimum absolute atomic E-state index is 0.0595. The molecule has 3 saturated heterocycles. The standard InChI is InChI=1S/C42H49N3O8/c1-4-6-18-34(47)43-32(27-51-3)37(29-15-8-7-9-16-29)52-41(50)35-33-21-22-42(53-33)36(35)39(48)45(24-12-13-25-46)38(42)40(49)44(23-5-2)31-20-19-28-14-10-11-17-30(28)26-31/h4-5,7-11,14-17,19-20,26,32-33,35-38,46H,1-2,6,12-13,18,21-25,27H2,3H3,(H,43,47)/t32-,33+,35-,36-,37-,38+,42-/m0/s1. The fourth-order valence-corrected chi connectivity index (χ4v) is 8.40. The summed E-state index contributed by atoms with van der Waals surface area (Å²) in [7, 11) is 1.51. The Bertz CT molecular complexity index is 1820. The predicted molar refractivity (Wildman–Crippen MR) is 201 cm³/mol. The number of aliphatic hydroxyl groups excluding tert-OH is 1. The van der Waals surface area contributed by atoms with Crippen LogP contribution in [-0.4, -0.2) is 90.9 Å². The van der Waals surface area contributed by atoms with Crippen LogP contribution in [0.1, 0.15) is 50.2 Å². The second-order valence-electron chi connectivity index (χ2n) is 14.0. The monoisotopic (exact) mass is 723 g/mol. The second-order valence-corrected chi connectivity index (χ2v) is 14.0. The molecule has 0 unspecified atom stereocenters. The number of likely N-dealkylation sites (tertiary alicyclic amines) is 1. The molecular formula is C42H49N3O8. The Kier molecular flexibility index (Phi) is 12.1. The summed E-state index contributed by atoms with van der Waals surface area (Å²) in [6, 6.07) is 21.0. The number of methoxy groups -OCH3 is 1. The zero-order valence-corrected chi connectivity index (χ0v) is 30.2. The molecule has 1 spiro atoms. The van der Waals surface area contributed by atoms with E-state index in [4.69, 9.17) is 14.2 Å². The van der Waals surface area contributed by atoms with Gasteiger partial charge in [0, 0.05) is 38.9 Å². The molecule has 6 rings (SSSR count). The fraction of sp³-hybridized carbons (Fsp3) is 0.429. The van der Waals surface area contributed by atoms with E-state index in [0.717, 1.165) is 10.8 Å². The van der Waals surface area contributed by atoms with Crippen LogP contribution in [0, 0.1) is 11.8 Å². The molecule has 3 aromatic rings. The number of allylic oxidation sites excluding steroid dienone is 1. The molecule has 53 heavy (non-hydrogen) atoms. The molecule has 7 atom stereocenters. The maximum atomic E-state index is 14.9. The maximum absolute atomic E-state index is 14.9. The van der Waals surface area contributed by atoms with Crippen molar-refractivity contribution in [3.63, 3.8) is 0 Å². The van der Waals surface area contributed by atoms with Gasteiger partial charge in [0.1, 0.15) is 17.7 Å². The number of carbonyl (C=O) groups excluding carboxylic acids is 4. The highest BCUT2D eigenvalue weighted by Gasteiger charge is 2.75. The summed E-state index contributed by atoms with van der Waals surface area (Å²) in [5.74, 6) is -3.48. The molecule has 0 aromatic heterocycles. The number of fused-ring (bicyclic) bond motifs is 2. The third-order valence-electron chi connectivity index (χ3n) is 10.7. The molecule has 3 aliphatic rings. The summed E-state index contributed by atoms with van der Waals surface area (Å²) < 4.78 is 18.5. The molecule has 2 N–H and O–H groups in total. The summed E-state index contributed by atoms with van der Waals surface area (Å²) in [5, 5.41) is 14.6. The van der Waals surface area contributed by atoms with Gasteiger partial charge in [0.15, 0.2) is 0 Å². The summed E-state index contributed by atoms with van der Waals surface area (Å²) in [5.41, 5.74) is 0.0489. The quantitative estimate of drug-likeness (QED) is 0.108. The minimum Gasteiger partial charge on any atom is -0.455 e. The van der Waals surface area contributed by atoms with Crippen LogP contribution in [0.2, 0.25) is 0 Å². The van der Waals surface area contributed by atoms with Crippen LogP contribution in [0.5, 0.6) is 0 Å². The topological polar surface area (TPSA) is 135 Å². The van der Waals surface area contributed by atoms with Crippen molar-refractivity contribution >= 4 is 40.2 Å². The van der Waals surface area contributed by atoms with Crippen LogP contribution < -0.4 is 10.2 Å². The molecule has 0 aliphatic carbocycles. The summed E-state index contributed by atoms with van der Waals surface area (Å²) in [6.07, 6.45) is 4.21. The smallest absolute Gasteiger partial charge is 0.313 e. The lowest BCUT2D eigenvalue weighted by Gasteiger charge is -2.37. The number of unbranched alkanes of at least 4 members (excludes halogenated alkanes) is 1. The first-order valence-electron chi connectivity index (χ1n) is 18.4. The lowest BCUT2D eigenvalue weighted by Crippen LogP contribution is -2.56. The number of amides is 3. The van der Waals surface area contributed by atoms with Crippen LogP contribution in [0.25, 0.3) is 10.8 Å². The van der Waals surface area contributed by atoms with Crippen molar-refractivity contribution in [3.05, 3.63) is 104 Å². The van der Waals surface area contributed by atoms with E-state index in [0.29, 0.717) is 43.4 Å². The van der Waals surface area contributed by atoms with Gasteiger partial charge in [-0.1, -0.05) is 72.8 Å². The maximum Gasteiger partial charge on any atom is 0.313 e. The van der Waals surface area contributed by atoms with E-state index in [2.05, 4.69) is 18.5 Å². The molecule has 2 bridgehead atoms.